The van der Waals surface area contributed by atoms with Gasteiger partial charge in [-0.25, -0.2) is 0 Å². The van der Waals surface area contributed by atoms with Gasteiger partial charge in [0, 0.05) is 30.3 Å². The Balaban J connectivity index is 1.62. The Kier molecular flexibility index (Phi) is 5.25. The largest absolute Gasteiger partial charge is 0.374 e. The fraction of sp³-hybridized carbons (Fsp3) is 0.560. The zero-order chi connectivity index (χ0) is 24.5. The lowest BCUT2D eigenvalue weighted by atomic mass is 9.52. The van der Waals surface area contributed by atoms with Gasteiger partial charge in [0.1, 0.15) is 0 Å². The number of carbonyl (C=O) groups is 5. The van der Waals surface area contributed by atoms with Gasteiger partial charge in [-0.2, -0.15) is 0 Å². The summed E-state index contributed by atoms with van der Waals surface area (Å²) in [6, 6.07) is 4.63. The number of nitrogens with two attached hydrogens (primary N) is 1. The van der Waals surface area contributed by atoms with Crippen LogP contribution < -0.4 is 10.6 Å². The van der Waals surface area contributed by atoms with Crippen LogP contribution in [0, 0.1) is 23.7 Å². The van der Waals surface area contributed by atoms with E-state index in [2.05, 4.69) is 4.90 Å². The van der Waals surface area contributed by atoms with E-state index in [1.54, 1.807) is 14.1 Å². The molecule has 0 spiro atoms. The van der Waals surface area contributed by atoms with Gasteiger partial charge in [0.2, 0.25) is 5.91 Å². The second kappa shape index (κ2) is 7.81. The van der Waals surface area contributed by atoms with E-state index >= 15 is 0 Å². The summed E-state index contributed by atoms with van der Waals surface area (Å²) in [5.41, 5.74) is 4.86. The van der Waals surface area contributed by atoms with Crippen LogP contribution in [0.3, 0.4) is 0 Å². The third-order valence-electron chi connectivity index (χ3n) is 8.25. The molecule has 4 unspecified atom stereocenters. The van der Waals surface area contributed by atoms with E-state index in [4.69, 9.17) is 5.73 Å². The molecular formula is C25H29N3O6. The van der Waals surface area contributed by atoms with Crippen molar-refractivity contribution >= 4 is 34.7 Å². The third-order valence-corrected chi connectivity index (χ3v) is 8.25. The highest BCUT2D eigenvalue weighted by molar-refractivity contribution is 6.32. The number of aliphatic hydroxyl groups is 1. The van der Waals surface area contributed by atoms with Crippen molar-refractivity contribution < 1.29 is 29.1 Å². The average molecular weight is 468 g/mol. The summed E-state index contributed by atoms with van der Waals surface area (Å²) in [5, 5.41) is 11.6. The van der Waals surface area contributed by atoms with Crippen LogP contribution in [0.1, 0.15) is 35.2 Å². The van der Waals surface area contributed by atoms with Gasteiger partial charge in [0.15, 0.2) is 34.7 Å². The van der Waals surface area contributed by atoms with Crippen molar-refractivity contribution in [2.75, 3.05) is 32.1 Å². The normalized spacial score (nSPS) is 35.3. The van der Waals surface area contributed by atoms with Gasteiger partial charge in [0.25, 0.3) is 0 Å². The van der Waals surface area contributed by atoms with Crippen LogP contribution in [-0.2, 0) is 25.6 Å². The Bertz CT molecular complexity index is 1120. The fourth-order valence-electron chi connectivity index (χ4n) is 6.77. The molecule has 1 saturated heterocycles. The van der Waals surface area contributed by atoms with E-state index in [1.165, 1.54) is 4.90 Å². The van der Waals surface area contributed by atoms with E-state index < -0.39 is 64.4 Å². The molecule has 6 atom stereocenters. The first-order valence-electron chi connectivity index (χ1n) is 11.8. The molecule has 1 amide bonds. The molecule has 1 aliphatic heterocycles. The number of carbonyl (C=O) groups excluding carboxylic acids is 5. The first kappa shape index (κ1) is 22.9. The summed E-state index contributed by atoms with van der Waals surface area (Å²) in [4.78, 5) is 69.7. The lowest BCUT2D eigenvalue weighted by molar-refractivity contribution is -0.181. The Morgan fingerprint density at radius 1 is 1.12 bits per heavy atom. The molecule has 1 heterocycles. The molecule has 3 aliphatic carbocycles. The highest BCUT2D eigenvalue weighted by Crippen LogP contribution is 2.50. The van der Waals surface area contributed by atoms with Crippen LogP contribution in [0.5, 0.6) is 0 Å². The summed E-state index contributed by atoms with van der Waals surface area (Å²) in [5.74, 6) is -9.01. The van der Waals surface area contributed by atoms with Crippen molar-refractivity contribution in [2.45, 2.75) is 37.3 Å². The molecule has 0 radical (unpaired) electrons. The number of primary amides is 1. The maximum Gasteiger partial charge on any atom is 0.235 e. The van der Waals surface area contributed by atoms with Gasteiger partial charge in [-0.05, 0) is 57.3 Å². The molecular weight excluding hydrogens is 438 g/mol. The number of rotatable bonds is 3. The van der Waals surface area contributed by atoms with Crippen LogP contribution in [0.15, 0.2) is 18.2 Å². The van der Waals surface area contributed by atoms with Gasteiger partial charge in [-0.15, -0.1) is 0 Å². The van der Waals surface area contributed by atoms with Crippen molar-refractivity contribution in [3.63, 3.8) is 0 Å². The Hall–Kier alpha value is -2.91. The van der Waals surface area contributed by atoms with Crippen LogP contribution in [0.4, 0.5) is 5.69 Å². The number of fused-ring (bicyclic) bond motifs is 3. The molecule has 0 bridgehead atoms. The summed E-state index contributed by atoms with van der Waals surface area (Å²) < 4.78 is 0. The lowest BCUT2D eigenvalue weighted by Crippen LogP contribution is -2.74. The second-order valence-electron chi connectivity index (χ2n) is 10.3. The molecule has 5 rings (SSSR count). The highest BCUT2D eigenvalue weighted by atomic mass is 16.3. The number of nitrogens with zero attached hydrogens (tertiary/aromatic N) is 2. The summed E-state index contributed by atoms with van der Waals surface area (Å²) >= 11 is 0. The Labute approximate surface area is 197 Å². The van der Waals surface area contributed by atoms with Gasteiger partial charge in [0.05, 0.1) is 12.0 Å². The zero-order valence-electron chi connectivity index (χ0n) is 19.3. The SMILES string of the molecule is CN(C)[C@@H]1C(=O)C(C(N)=O)C(=O)[C@@]2(O)C(=O)C3C(=O)c4c(cccc4N4CCCC4)CC3CC12. The van der Waals surface area contributed by atoms with E-state index in [-0.39, 0.29) is 6.42 Å². The van der Waals surface area contributed by atoms with E-state index in [9.17, 15) is 29.1 Å². The van der Waals surface area contributed by atoms with Crippen molar-refractivity contribution in [3.05, 3.63) is 29.3 Å². The molecule has 9 nitrogen and oxygen atoms in total. The van der Waals surface area contributed by atoms with Crippen molar-refractivity contribution in [1.82, 2.24) is 4.90 Å². The Morgan fingerprint density at radius 3 is 2.41 bits per heavy atom. The van der Waals surface area contributed by atoms with Crippen LogP contribution >= 0.6 is 0 Å². The summed E-state index contributed by atoms with van der Waals surface area (Å²) in [6.07, 6.45) is 2.62. The highest BCUT2D eigenvalue weighted by Gasteiger charge is 2.69. The molecule has 34 heavy (non-hydrogen) atoms. The zero-order valence-corrected chi connectivity index (χ0v) is 19.3. The molecule has 3 N–H and O–H groups in total. The molecule has 0 aromatic heterocycles. The van der Waals surface area contributed by atoms with E-state index in [1.807, 2.05) is 18.2 Å². The second-order valence-corrected chi connectivity index (χ2v) is 10.3. The number of benzene rings is 1. The smallest absolute Gasteiger partial charge is 0.235 e. The number of anilines is 1. The monoisotopic (exact) mass is 467 g/mol. The minimum absolute atomic E-state index is 0.137. The summed E-state index contributed by atoms with van der Waals surface area (Å²) in [7, 11) is 3.19. The predicted octanol–water partition coefficient (Wildman–Crippen LogP) is -0.238. The van der Waals surface area contributed by atoms with Crippen LogP contribution in [0.25, 0.3) is 0 Å². The first-order valence-corrected chi connectivity index (χ1v) is 11.8. The number of Topliss-reactive ketones (excluding diaryl/α,β-unsaturated/α-hetero) is 4. The molecule has 2 saturated carbocycles. The number of ketones is 4. The van der Waals surface area contributed by atoms with Gasteiger partial charge >= 0.3 is 0 Å². The molecule has 180 valence electrons. The molecule has 3 fully saturated rings. The maximum absolute atomic E-state index is 13.8. The van der Waals surface area contributed by atoms with Crippen molar-refractivity contribution in [1.29, 1.82) is 0 Å². The molecule has 1 aromatic rings. The molecule has 1 aromatic carbocycles. The summed E-state index contributed by atoms with van der Waals surface area (Å²) in [6.45, 7) is 1.65. The molecule has 4 aliphatic rings. The number of amides is 1. The quantitative estimate of drug-likeness (QED) is 0.581. The van der Waals surface area contributed by atoms with Crippen LogP contribution in [-0.4, -0.2) is 77.9 Å². The third kappa shape index (κ3) is 2.96. The van der Waals surface area contributed by atoms with Gasteiger partial charge < -0.3 is 15.7 Å². The maximum atomic E-state index is 13.8. The van der Waals surface area contributed by atoms with E-state index in [0.29, 0.717) is 12.0 Å². The standard InChI is InChI=1S/C25H29N3O6/c1-27(2)19-14-11-13-10-12-6-5-7-15(28-8-3-4-9-28)16(12)20(29)17(13)22(31)25(14,34)23(32)18(21(19)30)24(26)33/h5-7,13-14,17-19,34H,3-4,8-11H2,1-2H3,(H2,26,33)/t13?,14?,17?,18?,19-,25-/m0/s1. The lowest BCUT2D eigenvalue weighted by Gasteiger charge is -2.52. The van der Waals surface area contributed by atoms with Crippen molar-refractivity contribution in [3.8, 4) is 0 Å². The van der Waals surface area contributed by atoms with Gasteiger partial charge in [-0.1, -0.05) is 12.1 Å². The fourth-order valence-corrected chi connectivity index (χ4v) is 6.77. The number of hydrogen-bond donors (Lipinski definition) is 2. The topological polar surface area (TPSA) is 138 Å². The predicted molar refractivity (Wildman–Crippen MR) is 121 cm³/mol. The minimum atomic E-state index is -2.61. The number of likely N-dealkylation sites (N-methyl/N-ethyl adjacent to an activating group) is 1. The minimum Gasteiger partial charge on any atom is -0.374 e. The first-order chi connectivity index (χ1) is 16.1. The van der Waals surface area contributed by atoms with Gasteiger partial charge in [-0.3, -0.25) is 28.9 Å². The van der Waals surface area contributed by atoms with E-state index in [0.717, 1.165) is 37.2 Å². The van der Waals surface area contributed by atoms with Crippen LogP contribution in [0.2, 0.25) is 0 Å². The number of hydrogen-bond acceptors (Lipinski definition) is 8. The average Bonchev–Trinajstić information content (AvgIpc) is 3.30. The molecule has 9 heteroatoms. The van der Waals surface area contributed by atoms with Crippen molar-refractivity contribution in [2.24, 2.45) is 29.4 Å². The Morgan fingerprint density at radius 2 is 1.79 bits per heavy atom.